The molecule has 0 aromatic carbocycles. The quantitative estimate of drug-likeness (QED) is 0.900. The molecule has 1 saturated carbocycles. The summed E-state index contributed by atoms with van der Waals surface area (Å²) in [6.07, 6.45) is 5.41. The van der Waals surface area contributed by atoms with E-state index in [-0.39, 0.29) is 12.1 Å². The van der Waals surface area contributed by atoms with E-state index in [2.05, 4.69) is 10.3 Å². The van der Waals surface area contributed by atoms with E-state index in [1.165, 1.54) is 0 Å². The lowest BCUT2D eigenvalue weighted by Gasteiger charge is -2.29. The maximum atomic E-state index is 11.7. The number of nitrogens with zero attached hydrogens (tertiary/aromatic N) is 1. The number of amides is 1. The molecule has 5 nitrogen and oxygen atoms in total. The van der Waals surface area contributed by atoms with Gasteiger partial charge in [0, 0.05) is 18.9 Å². The van der Waals surface area contributed by atoms with E-state index >= 15 is 0 Å². The summed E-state index contributed by atoms with van der Waals surface area (Å²) in [5.74, 6) is 2.11. The Morgan fingerprint density at radius 2 is 2.00 bits per heavy atom. The molecule has 0 aliphatic heterocycles. The Bertz CT molecular complexity index is 454. The van der Waals surface area contributed by atoms with E-state index in [1.54, 1.807) is 0 Å². The second kappa shape index (κ2) is 5.85. The zero-order valence-corrected chi connectivity index (χ0v) is 12.7. The maximum absolute atomic E-state index is 11.7. The smallest absolute Gasteiger partial charge is 0.407 e. The van der Waals surface area contributed by atoms with Crippen LogP contribution in [-0.2, 0) is 4.74 Å². The van der Waals surface area contributed by atoms with Gasteiger partial charge in [-0.2, -0.15) is 0 Å². The number of oxazole rings is 1. The second-order valence-corrected chi connectivity index (χ2v) is 6.48. The number of hydrogen-bond acceptors (Lipinski definition) is 4. The van der Waals surface area contributed by atoms with E-state index in [1.807, 2.05) is 33.9 Å². The lowest BCUT2D eigenvalue weighted by Crippen LogP contribution is -2.40. The molecule has 1 aromatic rings. The molecule has 0 saturated heterocycles. The first-order valence-electron chi connectivity index (χ1n) is 7.25. The fourth-order valence-electron chi connectivity index (χ4n) is 2.56. The normalized spacial score (nSPS) is 23.4. The Labute approximate surface area is 120 Å². The highest BCUT2D eigenvalue weighted by Gasteiger charge is 2.27. The number of ether oxygens (including phenoxy) is 1. The van der Waals surface area contributed by atoms with E-state index in [4.69, 9.17) is 9.15 Å². The highest BCUT2D eigenvalue weighted by molar-refractivity contribution is 5.68. The van der Waals surface area contributed by atoms with Crippen LogP contribution in [0.3, 0.4) is 0 Å². The van der Waals surface area contributed by atoms with Crippen molar-refractivity contribution < 1.29 is 13.9 Å². The minimum absolute atomic E-state index is 0.199. The van der Waals surface area contributed by atoms with Crippen LogP contribution in [0.4, 0.5) is 4.79 Å². The topological polar surface area (TPSA) is 64.4 Å². The van der Waals surface area contributed by atoms with Gasteiger partial charge in [-0.15, -0.1) is 0 Å². The van der Waals surface area contributed by atoms with Gasteiger partial charge in [0.15, 0.2) is 5.89 Å². The standard InChI is InChI=1S/C15H24N2O3/c1-10-16-9-13(19-10)11-5-7-12(8-6-11)17-14(18)20-15(2,3)4/h9,11-12H,5-8H2,1-4H3,(H,17,18). The Morgan fingerprint density at radius 1 is 1.35 bits per heavy atom. The molecule has 2 rings (SSSR count). The molecule has 0 bridgehead atoms. The molecule has 1 amide bonds. The number of nitrogens with one attached hydrogen (secondary N) is 1. The largest absolute Gasteiger partial charge is 0.446 e. The minimum Gasteiger partial charge on any atom is -0.446 e. The van der Waals surface area contributed by atoms with Gasteiger partial charge in [-0.25, -0.2) is 9.78 Å². The van der Waals surface area contributed by atoms with Crippen LogP contribution in [0, 0.1) is 6.92 Å². The summed E-state index contributed by atoms with van der Waals surface area (Å²) in [5, 5.41) is 2.95. The number of aryl methyl sites for hydroxylation is 1. The fourth-order valence-corrected chi connectivity index (χ4v) is 2.56. The average molecular weight is 280 g/mol. The van der Waals surface area contributed by atoms with Crippen molar-refractivity contribution in [3.05, 3.63) is 17.8 Å². The highest BCUT2D eigenvalue weighted by atomic mass is 16.6. The van der Waals surface area contributed by atoms with Gasteiger partial charge in [0.2, 0.25) is 0 Å². The molecular formula is C15H24N2O3. The molecule has 0 unspecified atom stereocenters. The third-order valence-corrected chi connectivity index (χ3v) is 3.49. The van der Waals surface area contributed by atoms with Crippen molar-refractivity contribution in [3.8, 4) is 0 Å². The summed E-state index contributed by atoms with van der Waals surface area (Å²) < 4.78 is 10.9. The van der Waals surface area contributed by atoms with Crippen molar-refractivity contribution in [1.29, 1.82) is 0 Å². The molecule has 0 spiro atoms. The van der Waals surface area contributed by atoms with Crippen molar-refractivity contribution in [2.24, 2.45) is 0 Å². The first-order chi connectivity index (χ1) is 9.33. The summed E-state index contributed by atoms with van der Waals surface area (Å²) in [4.78, 5) is 15.9. The van der Waals surface area contributed by atoms with Crippen LogP contribution in [-0.4, -0.2) is 22.7 Å². The van der Waals surface area contributed by atoms with Gasteiger partial charge < -0.3 is 14.5 Å². The monoisotopic (exact) mass is 280 g/mol. The number of hydrogen-bond donors (Lipinski definition) is 1. The van der Waals surface area contributed by atoms with Gasteiger partial charge in [0.1, 0.15) is 11.4 Å². The number of aromatic nitrogens is 1. The summed E-state index contributed by atoms with van der Waals surface area (Å²) in [6.45, 7) is 7.47. The Balaban J connectivity index is 1.78. The van der Waals surface area contributed by atoms with Crippen LogP contribution >= 0.6 is 0 Å². The fraction of sp³-hybridized carbons (Fsp3) is 0.733. The predicted molar refractivity (Wildman–Crippen MR) is 75.6 cm³/mol. The van der Waals surface area contributed by atoms with Crippen LogP contribution in [0.15, 0.2) is 10.6 Å². The van der Waals surface area contributed by atoms with Crippen LogP contribution in [0.5, 0.6) is 0 Å². The Hall–Kier alpha value is -1.52. The summed E-state index contributed by atoms with van der Waals surface area (Å²) in [6, 6.07) is 0.199. The first-order valence-corrected chi connectivity index (χ1v) is 7.25. The summed E-state index contributed by atoms with van der Waals surface area (Å²) in [5.41, 5.74) is -0.446. The van der Waals surface area contributed by atoms with E-state index < -0.39 is 5.60 Å². The van der Waals surface area contributed by atoms with E-state index in [9.17, 15) is 4.79 Å². The molecule has 1 N–H and O–H groups in total. The van der Waals surface area contributed by atoms with Crippen LogP contribution < -0.4 is 5.32 Å². The van der Waals surface area contributed by atoms with Gasteiger partial charge in [-0.05, 0) is 46.5 Å². The molecule has 1 heterocycles. The predicted octanol–water partition coefficient (Wildman–Crippen LogP) is 3.53. The minimum atomic E-state index is -0.446. The van der Waals surface area contributed by atoms with Crippen molar-refractivity contribution in [1.82, 2.24) is 10.3 Å². The molecule has 1 aliphatic rings. The van der Waals surface area contributed by atoms with Crippen molar-refractivity contribution in [3.63, 3.8) is 0 Å². The van der Waals surface area contributed by atoms with Gasteiger partial charge in [0.05, 0.1) is 6.20 Å². The number of alkyl carbamates (subject to hydrolysis) is 1. The number of carbonyl (C=O) groups is 1. The zero-order valence-electron chi connectivity index (χ0n) is 12.7. The summed E-state index contributed by atoms with van der Waals surface area (Å²) in [7, 11) is 0. The molecule has 0 atom stereocenters. The molecule has 1 aliphatic carbocycles. The molecule has 1 aromatic heterocycles. The van der Waals surface area contributed by atoms with Crippen molar-refractivity contribution in [2.75, 3.05) is 0 Å². The third-order valence-electron chi connectivity index (χ3n) is 3.49. The van der Waals surface area contributed by atoms with E-state index in [0.29, 0.717) is 11.8 Å². The van der Waals surface area contributed by atoms with Gasteiger partial charge in [0.25, 0.3) is 0 Å². The van der Waals surface area contributed by atoms with Crippen LogP contribution in [0.2, 0.25) is 0 Å². The number of rotatable bonds is 2. The molecule has 5 heteroatoms. The SMILES string of the molecule is Cc1ncc(C2CCC(NC(=O)OC(C)(C)C)CC2)o1. The third kappa shape index (κ3) is 4.25. The van der Waals surface area contributed by atoms with E-state index in [0.717, 1.165) is 31.4 Å². The van der Waals surface area contributed by atoms with Crippen LogP contribution in [0.1, 0.15) is 64.0 Å². The molecule has 112 valence electrons. The molecule has 20 heavy (non-hydrogen) atoms. The highest BCUT2D eigenvalue weighted by Crippen LogP contribution is 2.33. The maximum Gasteiger partial charge on any atom is 0.407 e. The van der Waals surface area contributed by atoms with Gasteiger partial charge >= 0.3 is 6.09 Å². The Kier molecular flexibility index (Phi) is 4.35. The van der Waals surface area contributed by atoms with Crippen LogP contribution in [0.25, 0.3) is 0 Å². The molecule has 1 fully saturated rings. The average Bonchev–Trinajstić information content (AvgIpc) is 2.74. The first kappa shape index (κ1) is 14.9. The lowest BCUT2D eigenvalue weighted by molar-refractivity contribution is 0.0490. The molecule has 0 radical (unpaired) electrons. The molecular weight excluding hydrogens is 256 g/mol. The zero-order chi connectivity index (χ0) is 14.8. The summed E-state index contributed by atoms with van der Waals surface area (Å²) >= 11 is 0. The lowest BCUT2D eigenvalue weighted by atomic mass is 9.85. The Morgan fingerprint density at radius 3 is 2.50 bits per heavy atom. The number of carbonyl (C=O) groups excluding carboxylic acids is 1. The van der Waals surface area contributed by atoms with Crippen molar-refractivity contribution in [2.45, 2.75) is 70.9 Å². The van der Waals surface area contributed by atoms with Gasteiger partial charge in [-0.1, -0.05) is 0 Å². The van der Waals surface area contributed by atoms with Gasteiger partial charge in [-0.3, -0.25) is 0 Å². The van der Waals surface area contributed by atoms with Crippen molar-refractivity contribution >= 4 is 6.09 Å². The second-order valence-electron chi connectivity index (χ2n) is 6.48.